The van der Waals surface area contributed by atoms with E-state index in [9.17, 15) is 18.0 Å². The summed E-state index contributed by atoms with van der Waals surface area (Å²) in [7, 11) is 0. The van der Waals surface area contributed by atoms with Crippen molar-refractivity contribution < 1.29 is 18.0 Å². The van der Waals surface area contributed by atoms with Crippen molar-refractivity contribution in [1.82, 2.24) is 5.32 Å². The van der Waals surface area contributed by atoms with Crippen molar-refractivity contribution in [2.75, 3.05) is 0 Å². The number of rotatable bonds is 3. The molecule has 0 bridgehead atoms. The average molecular weight is 255 g/mol. The fourth-order valence-electron chi connectivity index (χ4n) is 1.99. The number of hydrogen-bond donors (Lipinski definition) is 1. The van der Waals surface area contributed by atoms with Gasteiger partial charge in [-0.05, 0) is 25.8 Å². The molecular weight excluding hydrogens is 243 g/mol. The lowest BCUT2D eigenvalue weighted by molar-refractivity contribution is -0.117. The Morgan fingerprint density at radius 2 is 1.83 bits per heavy atom. The number of carbonyl (C=O) groups is 1. The first-order chi connectivity index (χ1) is 8.48. The largest absolute Gasteiger partial charge is 0.343 e. The van der Waals surface area contributed by atoms with Crippen molar-refractivity contribution in [3.05, 3.63) is 47.3 Å². The van der Waals surface area contributed by atoms with Gasteiger partial charge in [0.2, 0.25) is 5.91 Å². The molecule has 0 radical (unpaired) electrons. The van der Waals surface area contributed by atoms with Gasteiger partial charge >= 0.3 is 0 Å². The van der Waals surface area contributed by atoms with E-state index in [0.717, 1.165) is 0 Å². The van der Waals surface area contributed by atoms with Crippen molar-refractivity contribution >= 4 is 5.91 Å². The van der Waals surface area contributed by atoms with Crippen LogP contribution in [0.15, 0.2) is 24.3 Å². The van der Waals surface area contributed by atoms with Crippen molar-refractivity contribution in [2.45, 2.75) is 25.3 Å². The van der Waals surface area contributed by atoms with Gasteiger partial charge < -0.3 is 5.32 Å². The number of halogens is 3. The summed E-state index contributed by atoms with van der Waals surface area (Å²) in [6.07, 6.45) is 3.69. The molecule has 0 aromatic heterocycles. The minimum absolute atomic E-state index is 0.262. The van der Waals surface area contributed by atoms with Gasteiger partial charge in [0, 0.05) is 17.7 Å². The first-order valence-electron chi connectivity index (χ1n) is 5.58. The zero-order valence-corrected chi connectivity index (χ0v) is 9.77. The maximum absolute atomic E-state index is 13.6. The molecule has 5 heteroatoms. The summed E-state index contributed by atoms with van der Waals surface area (Å²) in [5, 5.41) is 2.56. The number of allylic oxidation sites excluding steroid dienone is 1. The minimum Gasteiger partial charge on any atom is -0.343 e. The standard InChI is InChI=1S/C13H12F3NO/c1-2-3-11(18)17-13(4-5-13)12-9(15)6-8(14)7-10(12)16/h2-3,6-7H,4-5H2,1H3,(H,17,18)/b3-2+. The SMILES string of the molecule is C/C=C/C(=O)NC1(c2c(F)cc(F)cc2F)CC1. The van der Waals surface area contributed by atoms with E-state index in [0.29, 0.717) is 25.0 Å². The number of benzene rings is 1. The molecule has 1 aromatic rings. The molecule has 1 aliphatic rings. The molecule has 0 spiro atoms. The zero-order chi connectivity index (χ0) is 13.3. The normalized spacial score (nSPS) is 16.9. The first kappa shape index (κ1) is 12.7. The molecule has 0 heterocycles. The van der Waals surface area contributed by atoms with Gasteiger partial charge in [-0.25, -0.2) is 13.2 Å². The van der Waals surface area contributed by atoms with Crippen LogP contribution in [0.4, 0.5) is 13.2 Å². The molecule has 1 aliphatic carbocycles. The summed E-state index contributed by atoms with van der Waals surface area (Å²) in [6.45, 7) is 1.66. The van der Waals surface area contributed by atoms with Gasteiger partial charge in [-0.1, -0.05) is 6.08 Å². The molecule has 1 fully saturated rings. The predicted molar refractivity (Wildman–Crippen MR) is 60.2 cm³/mol. The second kappa shape index (κ2) is 4.48. The van der Waals surface area contributed by atoms with E-state index in [1.54, 1.807) is 6.92 Å². The Bertz CT molecular complexity index is 498. The molecule has 96 valence electrons. The lowest BCUT2D eigenvalue weighted by Crippen LogP contribution is -2.35. The van der Waals surface area contributed by atoms with Gasteiger partial charge in [0.1, 0.15) is 17.5 Å². The van der Waals surface area contributed by atoms with E-state index in [1.165, 1.54) is 12.2 Å². The van der Waals surface area contributed by atoms with Crippen LogP contribution in [-0.2, 0) is 10.3 Å². The van der Waals surface area contributed by atoms with Gasteiger partial charge in [-0.3, -0.25) is 4.79 Å². The average Bonchev–Trinajstić information content (AvgIpc) is 2.96. The molecule has 18 heavy (non-hydrogen) atoms. The van der Waals surface area contributed by atoms with E-state index in [2.05, 4.69) is 5.32 Å². The van der Waals surface area contributed by atoms with Gasteiger partial charge in [0.15, 0.2) is 0 Å². The monoisotopic (exact) mass is 255 g/mol. The van der Waals surface area contributed by atoms with Crippen LogP contribution >= 0.6 is 0 Å². The number of hydrogen-bond acceptors (Lipinski definition) is 1. The molecule has 0 saturated heterocycles. The molecule has 1 saturated carbocycles. The Morgan fingerprint density at radius 1 is 1.28 bits per heavy atom. The van der Waals surface area contributed by atoms with Gasteiger partial charge in [0.25, 0.3) is 0 Å². The lowest BCUT2D eigenvalue weighted by Gasteiger charge is -2.18. The van der Waals surface area contributed by atoms with Crippen LogP contribution < -0.4 is 5.32 Å². The second-order valence-electron chi connectivity index (χ2n) is 4.32. The third kappa shape index (κ3) is 2.25. The van der Waals surface area contributed by atoms with Crippen LogP contribution in [0.25, 0.3) is 0 Å². The third-order valence-corrected chi connectivity index (χ3v) is 2.92. The number of nitrogens with one attached hydrogen (secondary N) is 1. The van der Waals surface area contributed by atoms with Gasteiger partial charge in [-0.15, -0.1) is 0 Å². The van der Waals surface area contributed by atoms with E-state index in [-0.39, 0.29) is 5.56 Å². The van der Waals surface area contributed by atoms with Crippen LogP contribution in [0.3, 0.4) is 0 Å². The maximum atomic E-state index is 13.6. The quantitative estimate of drug-likeness (QED) is 0.827. The summed E-state index contributed by atoms with van der Waals surface area (Å²) in [4.78, 5) is 11.4. The Balaban J connectivity index is 2.34. The Morgan fingerprint density at radius 3 is 2.28 bits per heavy atom. The van der Waals surface area contributed by atoms with Crippen molar-refractivity contribution in [1.29, 1.82) is 0 Å². The van der Waals surface area contributed by atoms with Crippen LogP contribution in [0, 0.1) is 17.5 Å². The Kier molecular flexibility index (Phi) is 3.15. The first-order valence-corrected chi connectivity index (χ1v) is 5.58. The smallest absolute Gasteiger partial charge is 0.244 e. The molecular formula is C13H12F3NO. The van der Waals surface area contributed by atoms with Gasteiger partial charge in [-0.2, -0.15) is 0 Å². The fraction of sp³-hybridized carbons (Fsp3) is 0.308. The number of carbonyl (C=O) groups excluding carboxylic acids is 1. The van der Waals surface area contributed by atoms with Crippen LogP contribution in [0.1, 0.15) is 25.3 Å². The predicted octanol–water partition coefficient (Wildman–Crippen LogP) is 2.79. The van der Waals surface area contributed by atoms with E-state index >= 15 is 0 Å². The molecule has 1 N–H and O–H groups in total. The second-order valence-corrected chi connectivity index (χ2v) is 4.32. The summed E-state index contributed by atoms with van der Waals surface area (Å²) in [5.41, 5.74) is -1.29. The molecule has 0 unspecified atom stereocenters. The topological polar surface area (TPSA) is 29.1 Å². The zero-order valence-electron chi connectivity index (χ0n) is 9.77. The van der Waals surface area contributed by atoms with Crippen molar-refractivity contribution in [2.24, 2.45) is 0 Å². The Hall–Kier alpha value is -1.78. The van der Waals surface area contributed by atoms with Crippen LogP contribution in [0.5, 0.6) is 0 Å². The fourth-order valence-corrected chi connectivity index (χ4v) is 1.99. The molecule has 0 atom stereocenters. The molecule has 2 rings (SSSR count). The van der Waals surface area contributed by atoms with Crippen molar-refractivity contribution in [3.63, 3.8) is 0 Å². The van der Waals surface area contributed by atoms with Crippen molar-refractivity contribution in [3.8, 4) is 0 Å². The van der Waals surface area contributed by atoms with E-state index in [4.69, 9.17) is 0 Å². The van der Waals surface area contributed by atoms with Gasteiger partial charge in [0.05, 0.1) is 5.54 Å². The molecule has 2 nitrogen and oxygen atoms in total. The lowest BCUT2D eigenvalue weighted by atomic mass is 10.0. The summed E-state index contributed by atoms with van der Waals surface area (Å²) in [6, 6.07) is 1.25. The highest BCUT2D eigenvalue weighted by atomic mass is 19.1. The van der Waals surface area contributed by atoms with Crippen LogP contribution in [-0.4, -0.2) is 5.91 Å². The highest BCUT2D eigenvalue weighted by molar-refractivity contribution is 5.88. The van der Waals surface area contributed by atoms with E-state index in [1.807, 2.05) is 0 Å². The minimum atomic E-state index is -1.03. The Labute approximate surface area is 102 Å². The molecule has 0 aliphatic heterocycles. The molecule has 1 amide bonds. The number of amides is 1. The summed E-state index contributed by atoms with van der Waals surface area (Å²) < 4.78 is 40.1. The molecule has 1 aromatic carbocycles. The highest BCUT2D eigenvalue weighted by Gasteiger charge is 2.49. The highest BCUT2D eigenvalue weighted by Crippen LogP contribution is 2.47. The maximum Gasteiger partial charge on any atom is 0.244 e. The van der Waals surface area contributed by atoms with Crippen LogP contribution in [0.2, 0.25) is 0 Å². The third-order valence-electron chi connectivity index (χ3n) is 2.92. The van der Waals surface area contributed by atoms with E-state index < -0.39 is 28.9 Å². The summed E-state index contributed by atoms with van der Waals surface area (Å²) in [5.74, 6) is -3.32. The summed E-state index contributed by atoms with van der Waals surface area (Å²) >= 11 is 0.